The van der Waals surface area contributed by atoms with Crippen LogP contribution in [0.1, 0.15) is 84.4 Å². The number of carbonyl (C=O) groups is 1. The fourth-order valence-electron chi connectivity index (χ4n) is 5.30. The van der Waals surface area contributed by atoms with Crippen molar-refractivity contribution < 1.29 is 22.7 Å². The lowest BCUT2D eigenvalue weighted by atomic mass is 9.87. The highest BCUT2D eigenvalue weighted by Gasteiger charge is 2.40. The second-order valence-corrected chi connectivity index (χ2v) is 9.85. The predicted octanol–water partition coefficient (Wildman–Crippen LogP) is 6.16. The van der Waals surface area contributed by atoms with E-state index < -0.39 is 12.1 Å². The molecule has 2 atom stereocenters. The molecule has 2 aromatic heterocycles. The van der Waals surface area contributed by atoms with E-state index in [0.29, 0.717) is 36.4 Å². The van der Waals surface area contributed by atoms with E-state index in [4.69, 9.17) is 9.72 Å². The smallest absolute Gasteiger partial charge is 0.392 e. The largest absolute Gasteiger partial charge is 0.493 e. The van der Waals surface area contributed by atoms with E-state index in [9.17, 15) is 18.0 Å². The van der Waals surface area contributed by atoms with Crippen LogP contribution in [-0.4, -0.2) is 33.3 Å². The maximum atomic E-state index is 13.5. The number of ether oxygens (including phenoxy) is 1. The number of halogens is 3. The lowest BCUT2D eigenvalue weighted by Gasteiger charge is -2.27. The summed E-state index contributed by atoms with van der Waals surface area (Å²) in [6.07, 6.45) is 0.0000917. The van der Waals surface area contributed by atoms with Crippen molar-refractivity contribution in [3.8, 4) is 5.75 Å². The molecule has 0 saturated carbocycles. The number of benzene rings is 1. The van der Waals surface area contributed by atoms with E-state index in [1.807, 2.05) is 45.0 Å². The van der Waals surface area contributed by atoms with Crippen molar-refractivity contribution in [3.63, 3.8) is 0 Å². The van der Waals surface area contributed by atoms with Crippen LogP contribution in [0.2, 0.25) is 0 Å². The topological polar surface area (TPSA) is 68.5 Å². The van der Waals surface area contributed by atoms with Gasteiger partial charge >= 0.3 is 6.18 Å². The number of alkyl halides is 3. The molecule has 1 N–H and O–H groups in total. The molecule has 3 heterocycles. The molecule has 1 aliphatic heterocycles. The molecule has 1 aromatic carbocycles. The zero-order valence-electron chi connectivity index (χ0n) is 20.5. The third kappa shape index (κ3) is 4.35. The lowest BCUT2D eigenvalue weighted by molar-refractivity contribution is -0.175. The average molecular weight is 499 g/mol. The molecular weight excluding hydrogens is 469 g/mol. The van der Waals surface area contributed by atoms with Gasteiger partial charge in [-0.15, -0.1) is 0 Å². The van der Waals surface area contributed by atoms with Crippen LogP contribution in [-0.2, 0) is 0 Å². The van der Waals surface area contributed by atoms with E-state index >= 15 is 0 Å². The molecule has 6 nitrogen and oxygen atoms in total. The second kappa shape index (κ2) is 9.26. The van der Waals surface area contributed by atoms with Gasteiger partial charge < -0.3 is 10.1 Å². The Morgan fingerprint density at radius 3 is 2.69 bits per heavy atom. The van der Waals surface area contributed by atoms with Crippen molar-refractivity contribution in [2.75, 3.05) is 6.61 Å². The van der Waals surface area contributed by atoms with Gasteiger partial charge in [0, 0.05) is 17.5 Å². The average Bonchev–Trinajstić information content (AvgIpc) is 3.18. The maximum Gasteiger partial charge on any atom is 0.392 e. The molecule has 1 amide bonds. The van der Waals surface area contributed by atoms with Gasteiger partial charge in [0.1, 0.15) is 5.75 Å². The summed E-state index contributed by atoms with van der Waals surface area (Å²) in [4.78, 5) is 18.2. The molecule has 1 aliphatic carbocycles. The summed E-state index contributed by atoms with van der Waals surface area (Å²) in [6, 6.07) is 7.50. The van der Waals surface area contributed by atoms with Gasteiger partial charge in [-0.2, -0.15) is 18.3 Å². The summed E-state index contributed by atoms with van der Waals surface area (Å²) >= 11 is 0. The SMILES string of the molecule is Cc1nc2c(C(C)C)c(C(=O)NC3CCOc4ccccc43)cnn2c1C1=CCC(C(F)(F)F)CC1. The van der Waals surface area contributed by atoms with Gasteiger partial charge in [-0.05, 0) is 43.7 Å². The Morgan fingerprint density at radius 2 is 2.00 bits per heavy atom. The highest BCUT2D eigenvalue weighted by molar-refractivity contribution is 5.97. The Labute approximate surface area is 207 Å². The van der Waals surface area contributed by atoms with Crippen molar-refractivity contribution >= 4 is 17.1 Å². The summed E-state index contributed by atoms with van der Waals surface area (Å²) in [7, 11) is 0. The van der Waals surface area contributed by atoms with Crippen molar-refractivity contribution in [2.24, 2.45) is 5.92 Å². The maximum absolute atomic E-state index is 13.5. The van der Waals surface area contributed by atoms with Crippen LogP contribution in [0.5, 0.6) is 5.75 Å². The molecule has 5 rings (SSSR count). The Hall–Kier alpha value is -3.36. The molecule has 0 fully saturated rings. The van der Waals surface area contributed by atoms with E-state index in [1.54, 1.807) is 16.8 Å². The van der Waals surface area contributed by atoms with E-state index in [-0.39, 0.29) is 30.7 Å². The Bertz CT molecular complexity index is 1340. The van der Waals surface area contributed by atoms with Crippen molar-refractivity contribution in [2.45, 2.75) is 64.6 Å². The third-order valence-corrected chi connectivity index (χ3v) is 7.13. The molecule has 190 valence electrons. The van der Waals surface area contributed by atoms with Crippen molar-refractivity contribution in [1.29, 1.82) is 0 Å². The number of nitrogens with one attached hydrogen (secondary N) is 1. The Balaban J connectivity index is 1.49. The van der Waals surface area contributed by atoms with Crippen molar-refractivity contribution in [1.82, 2.24) is 19.9 Å². The normalized spacial score (nSPS) is 20.1. The van der Waals surface area contributed by atoms with Crippen LogP contribution in [0.4, 0.5) is 13.2 Å². The first kappa shape index (κ1) is 24.3. The number of aromatic nitrogens is 3. The monoisotopic (exact) mass is 498 g/mol. The second-order valence-electron chi connectivity index (χ2n) is 9.85. The first-order valence-corrected chi connectivity index (χ1v) is 12.3. The molecule has 2 aliphatic rings. The van der Waals surface area contributed by atoms with Gasteiger partial charge in [0.05, 0.1) is 41.7 Å². The molecule has 9 heteroatoms. The number of carbonyl (C=O) groups excluding carboxylic acids is 1. The van der Waals surface area contributed by atoms with Gasteiger partial charge in [-0.25, -0.2) is 9.50 Å². The molecule has 0 spiro atoms. The van der Waals surface area contributed by atoms with Crippen LogP contribution in [0.3, 0.4) is 0 Å². The van der Waals surface area contributed by atoms with Gasteiger partial charge in [0.2, 0.25) is 0 Å². The first-order valence-electron chi connectivity index (χ1n) is 12.3. The van der Waals surface area contributed by atoms with Gasteiger partial charge in [0.25, 0.3) is 5.91 Å². The molecule has 36 heavy (non-hydrogen) atoms. The first-order chi connectivity index (χ1) is 17.1. The molecule has 0 bridgehead atoms. The molecular formula is C27H29F3N4O2. The molecule has 2 unspecified atom stereocenters. The van der Waals surface area contributed by atoms with Crippen LogP contribution in [0.25, 0.3) is 11.2 Å². The number of hydrogen-bond donors (Lipinski definition) is 1. The fourth-order valence-corrected chi connectivity index (χ4v) is 5.30. The fraction of sp³-hybridized carbons (Fsp3) is 0.444. The summed E-state index contributed by atoms with van der Waals surface area (Å²) in [5, 5.41) is 7.69. The standard InChI is InChI=1S/C27H29F3N4O2/c1-15(2)23-20(26(35)33-21-12-13-36-22-7-5-4-6-19(21)22)14-31-34-24(16(3)32-25(23)34)17-8-10-18(11-9-17)27(28,29)30/h4-8,14-15,18,21H,9-13H2,1-3H3,(H,33,35). The number of imidazole rings is 1. The van der Waals surface area contributed by atoms with Crippen LogP contribution < -0.4 is 10.1 Å². The summed E-state index contributed by atoms with van der Waals surface area (Å²) < 4.78 is 46.9. The van der Waals surface area contributed by atoms with Gasteiger partial charge in [-0.1, -0.05) is 38.1 Å². The summed E-state index contributed by atoms with van der Waals surface area (Å²) in [5.74, 6) is -0.801. The number of nitrogens with zero attached hydrogens (tertiary/aromatic N) is 3. The van der Waals surface area contributed by atoms with E-state index in [0.717, 1.165) is 28.1 Å². The zero-order chi connectivity index (χ0) is 25.6. The number of fused-ring (bicyclic) bond motifs is 2. The lowest BCUT2D eigenvalue weighted by Crippen LogP contribution is -2.33. The Kier molecular flexibility index (Phi) is 6.26. The summed E-state index contributed by atoms with van der Waals surface area (Å²) in [6.45, 7) is 6.34. The number of amides is 1. The number of hydrogen-bond acceptors (Lipinski definition) is 4. The molecule has 3 aromatic rings. The quantitative estimate of drug-likeness (QED) is 0.468. The van der Waals surface area contributed by atoms with Crippen LogP contribution in [0.15, 0.2) is 36.5 Å². The number of aryl methyl sites for hydroxylation is 1. The third-order valence-electron chi connectivity index (χ3n) is 7.13. The highest BCUT2D eigenvalue weighted by Crippen LogP contribution is 2.40. The highest BCUT2D eigenvalue weighted by atomic mass is 19.4. The van der Waals surface area contributed by atoms with E-state index in [1.165, 1.54) is 0 Å². The number of rotatable bonds is 4. The minimum absolute atomic E-state index is 0.0252. The van der Waals surface area contributed by atoms with Crippen LogP contribution in [0, 0.1) is 12.8 Å². The number of para-hydroxylation sites is 1. The predicted molar refractivity (Wildman–Crippen MR) is 130 cm³/mol. The van der Waals surface area contributed by atoms with Crippen LogP contribution >= 0.6 is 0 Å². The van der Waals surface area contributed by atoms with E-state index in [2.05, 4.69) is 10.4 Å². The van der Waals surface area contributed by atoms with Crippen molar-refractivity contribution in [3.05, 3.63) is 64.6 Å². The van der Waals surface area contributed by atoms with Gasteiger partial charge in [0.15, 0.2) is 5.65 Å². The number of allylic oxidation sites excluding steroid dienone is 2. The minimum atomic E-state index is -4.19. The molecule has 0 saturated heterocycles. The zero-order valence-corrected chi connectivity index (χ0v) is 20.5. The molecule has 0 radical (unpaired) electrons. The van der Waals surface area contributed by atoms with Gasteiger partial charge in [-0.3, -0.25) is 4.79 Å². The Morgan fingerprint density at radius 1 is 1.22 bits per heavy atom. The minimum Gasteiger partial charge on any atom is -0.493 e. The summed E-state index contributed by atoms with van der Waals surface area (Å²) in [5.41, 5.74) is 4.96.